The van der Waals surface area contributed by atoms with E-state index in [1.807, 2.05) is 19.9 Å². The van der Waals surface area contributed by atoms with Crippen LogP contribution < -0.4 is 10.6 Å². The number of hydrogen-bond donors (Lipinski definition) is 2. The van der Waals surface area contributed by atoms with Gasteiger partial charge in [-0.1, -0.05) is 17.7 Å². The molecule has 1 fully saturated rings. The Kier molecular flexibility index (Phi) is 4.83. The predicted molar refractivity (Wildman–Crippen MR) is 67.5 cm³/mol. The van der Waals surface area contributed by atoms with Gasteiger partial charge >= 0.3 is 0 Å². The quantitative estimate of drug-likeness (QED) is 0.442. The van der Waals surface area contributed by atoms with Crippen LogP contribution in [-0.4, -0.2) is 23.8 Å². The highest BCUT2D eigenvalue weighted by Gasteiger charge is 2.27. The molecule has 5 heteroatoms. The van der Waals surface area contributed by atoms with Gasteiger partial charge in [-0.25, -0.2) is 0 Å². The highest BCUT2D eigenvalue weighted by molar-refractivity contribution is 6.03. The lowest BCUT2D eigenvalue weighted by atomic mass is 10.1. The van der Waals surface area contributed by atoms with E-state index >= 15 is 0 Å². The number of allylic oxidation sites excluding steroid dienone is 3. The van der Waals surface area contributed by atoms with Crippen LogP contribution in [0.5, 0.6) is 0 Å². The Bertz CT molecular complexity index is 432. The van der Waals surface area contributed by atoms with Crippen molar-refractivity contribution in [1.82, 2.24) is 10.6 Å². The first-order valence-corrected chi connectivity index (χ1v) is 5.86. The van der Waals surface area contributed by atoms with Gasteiger partial charge < -0.3 is 5.32 Å². The van der Waals surface area contributed by atoms with Crippen molar-refractivity contribution >= 4 is 17.7 Å². The van der Waals surface area contributed by atoms with Gasteiger partial charge in [-0.2, -0.15) is 0 Å². The number of nitrogens with one attached hydrogen (secondary N) is 2. The zero-order chi connectivity index (χ0) is 13.7. The van der Waals surface area contributed by atoms with E-state index in [1.165, 1.54) is 0 Å². The van der Waals surface area contributed by atoms with Crippen LogP contribution in [0.25, 0.3) is 0 Å². The Morgan fingerprint density at radius 3 is 2.50 bits per heavy atom. The molecule has 1 aliphatic heterocycles. The van der Waals surface area contributed by atoms with Crippen LogP contribution in [0.3, 0.4) is 0 Å². The second-order valence-corrected chi connectivity index (χ2v) is 4.57. The van der Waals surface area contributed by atoms with E-state index in [0.29, 0.717) is 12.0 Å². The normalized spacial score (nSPS) is 20.2. The first-order valence-electron chi connectivity index (χ1n) is 5.86. The maximum absolute atomic E-state index is 11.8. The fourth-order valence-electron chi connectivity index (χ4n) is 1.47. The lowest BCUT2D eigenvalue weighted by molar-refractivity contribution is -0.136. The maximum atomic E-state index is 11.8. The number of carbonyl (C=O) groups excluding carboxylic acids is 3. The molecule has 1 heterocycles. The van der Waals surface area contributed by atoms with Crippen LogP contribution in [0, 0.1) is 0 Å². The van der Waals surface area contributed by atoms with Crippen molar-refractivity contribution < 1.29 is 14.4 Å². The third-order valence-corrected chi connectivity index (χ3v) is 2.57. The maximum Gasteiger partial charge on any atom is 0.249 e. The molecule has 0 aromatic heterocycles. The summed E-state index contributed by atoms with van der Waals surface area (Å²) in [4.78, 5) is 34.2. The fourth-order valence-corrected chi connectivity index (χ4v) is 1.47. The zero-order valence-corrected chi connectivity index (χ0v) is 10.9. The molecule has 0 aromatic carbocycles. The van der Waals surface area contributed by atoms with Crippen molar-refractivity contribution in [3.63, 3.8) is 0 Å². The van der Waals surface area contributed by atoms with Crippen LogP contribution >= 0.6 is 0 Å². The molecule has 1 unspecified atom stereocenters. The topological polar surface area (TPSA) is 75.3 Å². The monoisotopic (exact) mass is 250 g/mol. The van der Waals surface area contributed by atoms with Crippen molar-refractivity contribution in [2.24, 2.45) is 0 Å². The Labute approximate surface area is 106 Å². The highest BCUT2D eigenvalue weighted by atomic mass is 16.2. The first kappa shape index (κ1) is 14.2. The number of carbonyl (C=O) groups is 3. The fraction of sp³-hybridized carbons (Fsp3) is 0.462. The van der Waals surface area contributed by atoms with Gasteiger partial charge in [0.15, 0.2) is 0 Å². The molecule has 0 bridgehead atoms. The van der Waals surface area contributed by atoms with Crippen LogP contribution in [0.4, 0.5) is 0 Å². The summed E-state index contributed by atoms with van der Waals surface area (Å²) in [6.07, 6.45) is 4.15. The number of imide groups is 1. The van der Waals surface area contributed by atoms with Crippen LogP contribution in [0.2, 0.25) is 0 Å². The molecule has 0 aromatic rings. The van der Waals surface area contributed by atoms with Gasteiger partial charge in [-0.05, 0) is 27.2 Å². The molecule has 0 spiro atoms. The van der Waals surface area contributed by atoms with Gasteiger partial charge in [0.1, 0.15) is 6.04 Å². The second kappa shape index (κ2) is 6.14. The Balaban J connectivity index is 2.60. The van der Waals surface area contributed by atoms with Crippen LogP contribution in [-0.2, 0) is 14.4 Å². The molecule has 0 radical (unpaired) electrons. The van der Waals surface area contributed by atoms with Crippen LogP contribution in [0.15, 0.2) is 23.3 Å². The zero-order valence-electron chi connectivity index (χ0n) is 10.9. The van der Waals surface area contributed by atoms with E-state index in [2.05, 4.69) is 10.6 Å². The lowest BCUT2D eigenvalue weighted by Crippen LogP contribution is -2.52. The van der Waals surface area contributed by atoms with E-state index in [4.69, 9.17) is 0 Å². The molecule has 3 amide bonds. The third kappa shape index (κ3) is 4.16. The molecule has 1 saturated heterocycles. The standard InChI is InChI=1S/C13H18N2O3/c1-8(2)4-5-9(3)12(17)14-10-6-7-11(16)15-13(10)18/h4-5,10H,6-7H2,1-3H3,(H,14,17)(H,15,16,18)/b9-5+. The van der Waals surface area contributed by atoms with Gasteiger partial charge in [0.25, 0.3) is 0 Å². The van der Waals surface area contributed by atoms with E-state index < -0.39 is 11.9 Å². The smallest absolute Gasteiger partial charge is 0.249 e. The Morgan fingerprint density at radius 1 is 1.28 bits per heavy atom. The van der Waals surface area contributed by atoms with Crippen molar-refractivity contribution in [2.45, 2.75) is 39.7 Å². The summed E-state index contributed by atoms with van der Waals surface area (Å²) in [7, 11) is 0. The summed E-state index contributed by atoms with van der Waals surface area (Å²) < 4.78 is 0. The highest BCUT2D eigenvalue weighted by Crippen LogP contribution is 2.06. The average Bonchev–Trinajstić information content (AvgIpc) is 2.29. The third-order valence-electron chi connectivity index (χ3n) is 2.57. The second-order valence-electron chi connectivity index (χ2n) is 4.57. The number of rotatable bonds is 3. The minimum absolute atomic E-state index is 0.257. The van der Waals surface area contributed by atoms with Crippen LogP contribution in [0.1, 0.15) is 33.6 Å². The van der Waals surface area contributed by atoms with E-state index in [0.717, 1.165) is 5.57 Å². The van der Waals surface area contributed by atoms with Gasteiger partial charge in [0.2, 0.25) is 17.7 Å². The van der Waals surface area contributed by atoms with Crippen molar-refractivity contribution in [3.8, 4) is 0 Å². The molecule has 1 atom stereocenters. The summed E-state index contributed by atoms with van der Waals surface area (Å²) in [5.41, 5.74) is 1.61. The molecule has 5 nitrogen and oxygen atoms in total. The van der Waals surface area contributed by atoms with Crippen molar-refractivity contribution in [3.05, 3.63) is 23.3 Å². The van der Waals surface area contributed by atoms with Gasteiger partial charge in [0.05, 0.1) is 0 Å². The van der Waals surface area contributed by atoms with Gasteiger partial charge in [-0.15, -0.1) is 0 Å². The van der Waals surface area contributed by atoms with Gasteiger partial charge in [0, 0.05) is 12.0 Å². The lowest BCUT2D eigenvalue weighted by Gasteiger charge is -2.21. The van der Waals surface area contributed by atoms with E-state index in [9.17, 15) is 14.4 Å². The minimum atomic E-state index is -0.620. The molecular formula is C13H18N2O3. The molecular weight excluding hydrogens is 232 g/mol. The molecule has 2 N–H and O–H groups in total. The number of piperidine rings is 1. The predicted octanol–water partition coefficient (Wildman–Crippen LogP) is 0.820. The summed E-state index contributed by atoms with van der Waals surface area (Å²) >= 11 is 0. The minimum Gasteiger partial charge on any atom is -0.340 e. The first-order chi connectivity index (χ1) is 8.40. The number of amides is 3. The average molecular weight is 250 g/mol. The molecule has 1 aliphatic rings. The van der Waals surface area contributed by atoms with E-state index in [1.54, 1.807) is 13.0 Å². The largest absolute Gasteiger partial charge is 0.340 e. The Morgan fingerprint density at radius 2 is 1.94 bits per heavy atom. The summed E-state index contributed by atoms with van der Waals surface area (Å²) in [6.45, 7) is 5.55. The SMILES string of the molecule is CC(C)=C/C=C(\C)C(=O)NC1CCC(=O)NC1=O. The van der Waals surface area contributed by atoms with Crippen molar-refractivity contribution in [2.75, 3.05) is 0 Å². The van der Waals surface area contributed by atoms with E-state index in [-0.39, 0.29) is 18.2 Å². The summed E-state index contributed by atoms with van der Waals surface area (Å²) in [5, 5.41) is 4.81. The summed E-state index contributed by atoms with van der Waals surface area (Å²) in [5.74, 6) is -1.01. The molecule has 1 rings (SSSR count). The molecule has 18 heavy (non-hydrogen) atoms. The molecule has 0 saturated carbocycles. The van der Waals surface area contributed by atoms with Crippen molar-refractivity contribution in [1.29, 1.82) is 0 Å². The number of hydrogen-bond acceptors (Lipinski definition) is 3. The molecule has 98 valence electrons. The Hall–Kier alpha value is -1.91. The summed E-state index contributed by atoms with van der Waals surface area (Å²) in [6, 6.07) is -0.620. The molecule has 0 aliphatic carbocycles. The van der Waals surface area contributed by atoms with Gasteiger partial charge in [-0.3, -0.25) is 19.7 Å².